The van der Waals surface area contributed by atoms with Gasteiger partial charge in [-0.25, -0.2) is 4.79 Å². The number of carbonyl (C=O) groups is 1. The molecule has 0 radical (unpaired) electrons. The van der Waals surface area contributed by atoms with Crippen LogP contribution in [0.2, 0.25) is 0 Å². The quantitative estimate of drug-likeness (QED) is 0.613. The van der Waals surface area contributed by atoms with E-state index in [1.165, 1.54) is 6.42 Å². The number of ether oxygens (including phenoxy) is 1. The van der Waals surface area contributed by atoms with E-state index < -0.39 is 0 Å². The molecule has 0 spiro atoms. The average Bonchev–Trinajstić information content (AvgIpc) is 2.58. The van der Waals surface area contributed by atoms with Crippen LogP contribution in [0, 0.1) is 5.92 Å². The molecule has 1 heterocycles. The van der Waals surface area contributed by atoms with Crippen molar-refractivity contribution >= 4 is 6.09 Å². The topological polar surface area (TPSA) is 29.5 Å². The van der Waals surface area contributed by atoms with Gasteiger partial charge in [0.15, 0.2) is 0 Å². The molecule has 1 aromatic rings. The summed E-state index contributed by atoms with van der Waals surface area (Å²) >= 11 is 0. The highest BCUT2D eigenvalue weighted by Gasteiger charge is 2.35. The van der Waals surface area contributed by atoms with Crippen LogP contribution in [0.25, 0.3) is 0 Å². The minimum absolute atomic E-state index is 0.154. The highest BCUT2D eigenvalue weighted by molar-refractivity contribution is 5.68. The zero-order valence-corrected chi connectivity index (χ0v) is 15.1. The fraction of sp³-hybridized carbons (Fsp3) is 0.571. The van der Waals surface area contributed by atoms with Crippen LogP contribution in [-0.4, -0.2) is 23.1 Å². The van der Waals surface area contributed by atoms with Gasteiger partial charge in [0, 0.05) is 12.1 Å². The average molecular weight is 329 g/mol. The summed E-state index contributed by atoms with van der Waals surface area (Å²) in [6.45, 7) is 8.62. The maximum atomic E-state index is 12.8. The maximum absolute atomic E-state index is 12.8. The molecule has 2 atom stereocenters. The van der Waals surface area contributed by atoms with Gasteiger partial charge in [-0.15, -0.1) is 6.58 Å². The van der Waals surface area contributed by atoms with E-state index in [-0.39, 0.29) is 12.1 Å². The monoisotopic (exact) mass is 329 g/mol. The number of hydrogen-bond donors (Lipinski definition) is 0. The summed E-state index contributed by atoms with van der Waals surface area (Å²) < 4.78 is 5.65. The van der Waals surface area contributed by atoms with Gasteiger partial charge in [0.2, 0.25) is 0 Å². The number of amides is 1. The number of benzene rings is 1. The Bertz CT molecular complexity index is 512. The molecule has 1 saturated heterocycles. The molecular formula is C21H31NO2. The van der Waals surface area contributed by atoms with Crippen molar-refractivity contribution in [2.24, 2.45) is 5.92 Å². The molecule has 1 aromatic carbocycles. The van der Waals surface area contributed by atoms with Gasteiger partial charge >= 0.3 is 6.09 Å². The molecule has 0 aliphatic carbocycles. The summed E-state index contributed by atoms with van der Waals surface area (Å²) in [4.78, 5) is 14.9. The van der Waals surface area contributed by atoms with Crippen molar-refractivity contribution in [1.82, 2.24) is 4.90 Å². The predicted octanol–water partition coefficient (Wildman–Crippen LogP) is 5.56. The Balaban J connectivity index is 2.04. The van der Waals surface area contributed by atoms with Gasteiger partial charge in [-0.3, -0.25) is 0 Å². The predicted molar refractivity (Wildman–Crippen MR) is 98.8 cm³/mol. The molecule has 1 amide bonds. The molecule has 0 unspecified atom stereocenters. The zero-order chi connectivity index (χ0) is 17.4. The minimum Gasteiger partial charge on any atom is -0.445 e. The Hall–Kier alpha value is -1.77. The molecule has 1 aliphatic heterocycles. The van der Waals surface area contributed by atoms with Gasteiger partial charge in [0.25, 0.3) is 0 Å². The lowest BCUT2D eigenvalue weighted by Crippen LogP contribution is -2.50. The van der Waals surface area contributed by atoms with Crippen LogP contribution < -0.4 is 0 Å². The van der Waals surface area contributed by atoms with Crippen molar-refractivity contribution in [3.63, 3.8) is 0 Å². The maximum Gasteiger partial charge on any atom is 0.410 e. The number of nitrogens with zero attached hydrogens (tertiary/aromatic N) is 1. The van der Waals surface area contributed by atoms with Gasteiger partial charge < -0.3 is 9.64 Å². The van der Waals surface area contributed by atoms with E-state index in [0.29, 0.717) is 18.6 Å². The summed E-state index contributed by atoms with van der Waals surface area (Å²) in [5.74, 6) is 0.581. The first-order valence-electron chi connectivity index (χ1n) is 9.21. The summed E-state index contributed by atoms with van der Waals surface area (Å²) in [6, 6.07) is 10.5. The molecule has 3 nitrogen and oxygen atoms in total. The number of likely N-dealkylation sites (tertiary alicyclic amines) is 1. The normalized spacial score (nSPS) is 20.9. The van der Waals surface area contributed by atoms with Gasteiger partial charge in [-0.05, 0) is 50.0 Å². The highest BCUT2D eigenvalue weighted by Crippen LogP contribution is 2.30. The number of allylic oxidation sites excluding steroid dienone is 1. The van der Waals surface area contributed by atoms with Crippen molar-refractivity contribution in [1.29, 1.82) is 0 Å². The number of hydrogen-bond acceptors (Lipinski definition) is 2. The molecule has 0 bridgehead atoms. The van der Waals surface area contributed by atoms with Crippen LogP contribution >= 0.6 is 0 Å². The van der Waals surface area contributed by atoms with E-state index in [1.54, 1.807) is 0 Å². The van der Waals surface area contributed by atoms with E-state index in [2.05, 4.69) is 20.4 Å². The lowest BCUT2D eigenvalue weighted by Gasteiger charge is -2.42. The number of piperidine rings is 1. The Morgan fingerprint density at radius 2 is 2.00 bits per heavy atom. The fourth-order valence-corrected chi connectivity index (χ4v) is 3.63. The first kappa shape index (κ1) is 18.6. The summed E-state index contributed by atoms with van der Waals surface area (Å²) in [5, 5.41) is 0. The first-order chi connectivity index (χ1) is 11.6. The Morgan fingerprint density at radius 1 is 1.29 bits per heavy atom. The number of rotatable bonds is 7. The van der Waals surface area contributed by atoms with Crippen molar-refractivity contribution in [2.75, 3.05) is 0 Å². The second-order valence-electron chi connectivity index (χ2n) is 7.18. The van der Waals surface area contributed by atoms with E-state index in [4.69, 9.17) is 4.74 Å². The minimum atomic E-state index is -0.154. The zero-order valence-electron chi connectivity index (χ0n) is 15.1. The summed E-state index contributed by atoms with van der Waals surface area (Å²) in [7, 11) is 0. The van der Waals surface area contributed by atoms with Crippen molar-refractivity contribution in [2.45, 2.75) is 71.1 Å². The van der Waals surface area contributed by atoms with Crippen LogP contribution in [0.3, 0.4) is 0 Å². The standard InChI is InChI=1S/C21H31NO2/c1-4-5-12-19-13-9-14-20(15-17(2)3)22(19)21(23)24-16-18-10-7-6-8-11-18/h4,6-8,10-11,17,19-20H,1,5,9,12-16H2,2-3H3/t19-,20-/m0/s1. The van der Waals surface area contributed by atoms with Crippen molar-refractivity contribution < 1.29 is 9.53 Å². The molecule has 0 saturated carbocycles. The van der Waals surface area contributed by atoms with E-state index in [9.17, 15) is 4.79 Å². The lowest BCUT2D eigenvalue weighted by atomic mass is 9.89. The van der Waals surface area contributed by atoms with Crippen LogP contribution in [0.5, 0.6) is 0 Å². The largest absolute Gasteiger partial charge is 0.445 e. The fourth-order valence-electron chi connectivity index (χ4n) is 3.63. The van der Waals surface area contributed by atoms with Crippen molar-refractivity contribution in [3.8, 4) is 0 Å². The van der Waals surface area contributed by atoms with E-state index in [1.807, 2.05) is 41.3 Å². The number of carbonyl (C=O) groups excluding carboxylic acids is 1. The van der Waals surface area contributed by atoms with Gasteiger partial charge in [0.1, 0.15) is 6.61 Å². The second kappa shape index (κ2) is 9.51. The molecule has 3 heteroatoms. The smallest absolute Gasteiger partial charge is 0.410 e. The van der Waals surface area contributed by atoms with Crippen molar-refractivity contribution in [3.05, 3.63) is 48.6 Å². The van der Waals surface area contributed by atoms with E-state index in [0.717, 1.165) is 37.7 Å². The Morgan fingerprint density at radius 3 is 2.67 bits per heavy atom. The third kappa shape index (κ3) is 5.40. The Kier molecular flexibility index (Phi) is 7.36. The molecule has 2 rings (SSSR count). The summed E-state index contributed by atoms with van der Waals surface area (Å²) in [6.07, 6.45) is 8.12. The third-order valence-corrected chi connectivity index (χ3v) is 4.72. The Labute approximate surface area is 146 Å². The molecule has 0 N–H and O–H groups in total. The van der Waals surface area contributed by atoms with Gasteiger partial charge in [0.05, 0.1) is 0 Å². The SMILES string of the molecule is C=CCC[C@H]1CCC[C@@H](CC(C)C)N1C(=O)OCc1ccccc1. The molecule has 1 fully saturated rings. The van der Waals surface area contributed by atoms with Crippen LogP contribution in [0.1, 0.15) is 57.9 Å². The lowest BCUT2D eigenvalue weighted by molar-refractivity contribution is 0.0337. The van der Waals surface area contributed by atoms with Crippen LogP contribution in [0.15, 0.2) is 43.0 Å². The first-order valence-corrected chi connectivity index (χ1v) is 9.21. The molecule has 1 aliphatic rings. The van der Waals surface area contributed by atoms with Crippen LogP contribution in [-0.2, 0) is 11.3 Å². The van der Waals surface area contributed by atoms with Gasteiger partial charge in [-0.1, -0.05) is 50.3 Å². The molecule has 24 heavy (non-hydrogen) atoms. The molecular weight excluding hydrogens is 298 g/mol. The third-order valence-electron chi connectivity index (χ3n) is 4.72. The van der Waals surface area contributed by atoms with Crippen LogP contribution in [0.4, 0.5) is 4.79 Å². The highest BCUT2D eigenvalue weighted by atomic mass is 16.6. The second-order valence-corrected chi connectivity index (χ2v) is 7.18. The van der Waals surface area contributed by atoms with Gasteiger partial charge in [-0.2, -0.15) is 0 Å². The molecule has 132 valence electrons. The van der Waals surface area contributed by atoms with E-state index >= 15 is 0 Å². The molecule has 0 aromatic heterocycles. The summed E-state index contributed by atoms with van der Waals surface area (Å²) in [5.41, 5.74) is 1.03.